The zero-order valence-electron chi connectivity index (χ0n) is 16.1. The van der Waals surface area contributed by atoms with E-state index in [0.29, 0.717) is 25.6 Å². The monoisotopic (exact) mass is 538 g/mol. The number of nitro benzene ring substituents is 1. The third-order valence-corrected chi connectivity index (χ3v) is 3.70. The summed E-state index contributed by atoms with van der Waals surface area (Å²) in [7, 11) is 0. The maximum atomic E-state index is 12.2. The van der Waals surface area contributed by atoms with Crippen molar-refractivity contribution < 1.29 is 22.8 Å². The second kappa shape index (κ2) is 12.2. The van der Waals surface area contributed by atoms with Gasteiger partial charge < -0.3 is 15.4 Å². The summed E-state index contributed by atoms with van der Waals surface area (Å²) in [4.78, 5) is 14.7. The molecule has 0 bridgehead atoms. The number of nitrogens with zero attached hydrogens (tertiary/aromatic N) is 2. The van der Waals surface area contributed by atoms with Crippen LogP contribution in [-0.4, -0.2) is 30.2 Å². The lowest BCUT2D eigenvalue weighted by Crippen LogP contribution is -2.36. The Kier molecular flexibility index (Phi) is 10.4. The van der Waals surface area contributed by atoms with Crippen molar-refractivity contribution in [2.45, 2.75) is 26.2 Å². The van der Waals surface area contributed by atoms with Gasteiger partial charge in [0.1, 0.15) is 5.75 Å². The standard InChI is InChI=1S/C19H21F3N4O3.HI/c1-2-23-18(24-11-14-3-7-16(8-4-14)26(27)28)25-12-15-5-9-17(10-6-15)29-13-19(20,21)22;/h3-10H,2,11-13H2,1H3,(H2,23,24,25);1H. The molecule has 11 heteroatoms. The number of halogens is 4. The van der Waals surface area contributed by atoms with E-state index in [1.165, 1.54) is 24.3 Å². The number of hydrogen-bond donors (Lipinski definition) is 2. The van der Waals surface area contributed by atoms with Gasteiger partial charge in [-0.05, 0) is 30.2 Å². The third kappa shape index (κ3) is 9.29. The fraction of sp³-hybridized carbons (Fsp3) is 0.316. The average molecular weight is 538 g/mol. The minimum absolute atomic E-state index is 0. The molecule has 0 saturated carbocycles. The highest BCUT2D eigenvalue weighted by molar-refractivity contribution is 14.0. The van der Waals surface area contributed by atoms with Crippen molar-refractivity contribution in [2.24, 2.45) is 4.99 Å². The number of guanidine groups is 1. The van der Waals surface area contributed by atoms with Crippen LogP contribution < -0.4 is 15.4 Å². The van der Waals surface area contributed by atoms with E-state index in [1.807, 2.05) is 6.92 Å². The highest BCUT2D eigenvalue weighted by Crippen LogP contribution is 2.19. The molecule has 0 saturated heterocycles. The van der Waals surface area contributed by atoms with Crippen LogP contribution in [0.4, 0.5) is 18.9 Å². The van der Waals surface area contributed by atoms with Gasteiger partial charge in [-0.2, -0.15) is 13.2 Å². The molecular weight excluding hydrogens is 516 g/mol. The number of rotatable bonds is 8. The Labute approximate surface area is 188 Å². The Morgan fingerprint density at radius 2 is 1.67 bits per heavy atom. The quantitative estimate of drug-likeness (QED) is 0.171. The number of aliphatic imine (C=N–C) groups is 1. The molecule has 0 aliphatic rings. The van der Waals surface area contributed by atoms with E-state index < -0.39 is 17.7 Å². The number of alkyl halides is 3. The van der Waals surface area contributed by atoms with Gasteiger partial charge in [0.25, 0.3) is 5.69 Å². The van der Waals surface area contributed by atoms with Crippen molar-refractivity contribution in [3.63, 3.8) is 0 Å². The smallest absolute Gasteiger partial charge is 0.422 e. The zero-order valence-corrected chi connectivity index (χ0v) is 18.4. The first-order chi connectivity index (χ1) is 13.8. The second-order valence-electron chi connectivity index (χ2n) is 6.02. The minimum Gasteiger partial charge on any atom is -0.484 e. The molecule has 2 N–H and O–H groups in total. The molecule has 2 aromatic carbocycles. The average Bonchev–Trinajstić information content (AvgIpc) is 2.69. The van der Waals surface area contributed by atoms with Crippen LogP contribution in [0.3, 0.4) is 0 Å². The van der Waals surface area contributed by atoms with Crippen LogP contribution in [-0.2, 0) is 13.1 Å². The third-order valence-electron chi connectivity index (χ3n) is 3.70. The maximum Gasteiger partial charge on any atom is 0.422 e. The van der Waals surface area contributed by atoms with Crippen molar-refractivity contribution in [2.75, 3.05) is 13.2 Å². The molecule has 0 amide bonds. The summed E-state index contributed by atoms with van der Waals surface area (Å²) in [6, 6.07) is 12.4. The molecule has 0 heterocycles. The van der Waals surface area contributed by atoms with Crippen molar-refractivity contribution in [3.05, 3.63) is 69.8 Å². The van der Waals surface area contributed by atoms with Gasteiger partial charge in [-0.15, -0.1) is 24.0 Å². The van der Waals surface area contributed by atoms with Crippen LogP contribution in [0, 0.1) is 10.1 Å². The fourth-order valence-electron chi connectivity index (χ4n) is 2.29. The first-order valence-corrected chi connectivity index (χ1v) is 8.81. The number of ether oxygens (including phenoxy) is 1. The summed E-state index contributed by atoms with van der Waals surface area (Å²) >= 11 is 0. The molecule has 0 spiro atoms. The molecule has 2 aromatic rings. The largest absolute Gasteiger partial charge is 0.484 e. The van der Waals surface area contributed by atoms with Crippen LogP contribution in [0.25, 0.3) is 0 Å². The van der Waals surface area contributed by atoms with E-state index in [0.717, 1.165) is 11.1 Å². The number of benzene rings is 2. The van der Waals surface area contributed by atoms with Crippen LogP contribution in [0.1, 0.15) is 18.1 Å². The molecule has 164 valence electrons. The first kappa shape index (κ1) is 25.5. The highest BCUT2D eigenvalue weighted by Gasteiger charge is 2.28. The van der Waals surface area contributed by atoms with Crippen molar-refractivity contribution in [3.8, 4) is 5.75 Å². The summed E-state index contributed by atoms with van der Waals surface area (Å²) in [6.45, 7) is 1.96. The van der Waals surface area contributed by atoms with Crippen LogP contribution in [0.15, 0.2) is 53.5 Å². The fourth-order valence-corrected chi connectivity index (χ4v) is 2.29. The summed E-state index contributed by atoms with van der Waals surface area (Å²) in [6.07, 6.45) is -4.38. The molecule has 0 atom stereocenters. The summed E-state index contributed by atoms with van der Waals surface area (Å²) < 4.78 is 41.2. The molecule has 30 heavy (non-hydrogen) atoms. The molecule has 0 aromatic heterocycles. The molecule has 7 nitrogen and oxygen atoms in total. The summed E-state index contributed by atoms with van der Waals surface area (Å²) in [5.41, 5.74) is 1.68. The van der Waals surface area contributed by atoms with Gasteiger partial charge in [-0.1, -0.05) is 24.3 Å². The molecule has 0 fully saturated rings. The van der Waals surface area contributed by atoms with Gasteiger partial charge in [0, 0.05) is 25.2 Å². The molecule has 0 aliphatic carbocycles. The minimum atomic E-state index is -4.38. The Balaban J connectivity index is 0.00000450. The van der Waals surface area contributed by atoms with Crippen molar-refractivity contribution in [1.82, 2.24) is 10.6 Å². The van der Waals surface area contributed by atoms with Gasteiger partial charge in [0.15, 0.2) is 12.6 Å². The molecule has 2 rings (SSSR count). The van der Waals surface area contributed by atoms with E-state index in [-0.39, 0.29) is 35.4 Å². The maximum absolute atomic E-state index is 12.2. The molecule has 0 radical (unpaired) electrons. The van der Waals surface area contributed by atoms with Gasteiger partial charge in [0.05, 0.1) is 11.5 Å². The van der Waals surface area contributed by atoms with Gasteiger partial charge in [-0.25, -0.2) is 4.99 Å². The van der Waals surface area contributed by atoms with Gasteiger partial charge >= 0.3 is 6.18 Å². The summed E-state index contributed by atoms with van der Waals surface area (Å²) in [5.74, 6) is 0.682. The SMILES string of the molecule is CCNC(=NCc1ccc(OCC(F)(F)F)cc1)NCc1ccc([N+](=O)[O-])cc1.I. The van der Waals surface area contributed by atoms with Crippen molar-refractivity contribution >= 4 is 35.6 Å². The number of nitro groups is 1. The highest BCUT2D eigenvalue weighted by atomic mass is 127. The lowest BCUT2D eigenvalue weighted by Gasteiger charge is -2.12. The Morgan fingerprint density at radius 3 is 2.20 bits per heavy atom. The van der Waals surface area contributed by atoms with E-state index >= 15 is 0 Å². The van der Waals surface area contributed by atoms with Crippen molar-refractivity contribution in [1.29, 1.82) is 0 Å². The van der Waals surface area contributed by atoms with Gasteiger partial charge in [-0.3, -0.25) is 10.1 Å². The topological polar surface area (TPSA) is 88.8 Å². The lowest BCUT2D eigenvalue weighted by molar-refractivity contribution is -0.384. The van der Waals surface area contributed by atoms with E-state index in [2.05, 4.69) is 20.4 Å². The van der Waals surface area contributed by atoms with Crippen LogP contribution in [0.2, 0.25) is 0 Å². The Morgan fingerprint density at radius 1 is 1.07 bits per heavy atom. The zero-order chi connectivity index (χ0) is 21.3. The second-order valence-corrected chi connectivity index (χ2v) is 6.02. The van der Waals surface area contributed by atoms with E-state index in [9.17, 15) is 23.3 Å². The van der Waals surface area contributed by atoms with Gasteiger partial charge in [0.2, 0.25) is 0 Å². The summed E-state index contributed by atoms with van der Waals surface area (Å²) in [5, 5.41) is 16.9. The Bertz CT molecular complexity index is 828. The lowest BCUT2D eigenvalue weighted by atomic mass is 10.2. The van der Waals surface area contributed by atoms with E-state index in [4.69, 9.17) is 0 Å². The normalized spacial score (nSPS) is 11.4. The predicted molar refractivity (Wildman–Crippen MR) is 118 cm³/mol. The number of hydrogen-bond acceptors (Lipinski definition) is 4. The molecular formula is C19H22F3IN4O3. The predicted octanol–water partition coefficient (Wildman–Crippen LogP) is 4.41. The Hall–Kier alpha value is -2.57. The first-order valence-electron chi connectivity index (χ1n) is 8.81. The van der Waals surface area contributed by atoms with Crippen LogP contribution >= 0.6 is 24.0 Å². The van der Waals surface area contributed by atoms with Crippen LogP contribution in [0.5, 0.6) is 5.75 Å². The molecule has 0 aliphatic heterocycles. The number of nitrogens with one attached hydrogen (secondary N) is 2. The van der Waals surface area contributed by atoms with E-state index in [1.54, 1.807) is 24.3 Å². The molecule has 0 unspecified atom stereocenters. The number of non-ortho nitro benzene ring substituents is 1.